The number of para-hydroxylation sites is 1. The molecule has 0 aliphatic carbocycles. The van der Waals surface area contributed by atoms with Crippen LogP contribution < -0.4 is 0 Å². The minimum Gasteiger partial charge on any atom is -0.256 e. The van der Waals surface area contributed by atoms with Crippen molar-refractivity contribution in [3.8, 4) is 0 Å². The molecular formula is C16H13NS. The number of hydrogen-bond acceptors (Lipinski definition) is 2. The predicted octanol–water partition coefficient (Wildman–Crippen LogP) is 4.69. The Hall–Kier alpha value is -1.80. The molecular weight excluding hydrogens is 238 g/mol. The Morgan fingerprint density at radius 3 is 2.50 bits per heavy atom. The summed E-state index contributed by atoms with van der Waals surface area (Å²) in [6.45, 7) is 2.11. The van der Waals surface area contributed by atoms with E-state index in [0.717, 1.165) is 5.52 Å². The van der Waals surface area contributed by atoms with E-state index in [1.54, 1.807) is 11.8 Å². The molecule has 2 heteroatoms. The van der Waals surface area contributed by atoms with E-state index < -0.39 is 0 Å². The van der Waals surface area contributed by atoms with Gasteiger partial charge in [-0.1, -0.05) is 47.7 Å². The van der Waals surface area contributed by atoms with Crippen molar-refractivity contribution < 1.29 is 0 Å². The van der Waals surface area contributed by atoms with Gasteiger partial charge in [-0.3, -0.25) is 4.98 Å². The zero-order valence-electron chi connectivity index (χ0n) is 10.1. The van der Waals surface area contributed by atoms with Gasteiger partial charge >= 0.3 is 0 Å². The first-order valence-electron chi connectivity index (χ1n) is 5.91. The van der Waals surface area contributed by atoms with Gasteiger partial charge in [0.1, 0.15) is 0 Å². The molecule has 18 heavy (non-hydrogen) atoms. The van der Waals surface area contributed by atoms with Crippen molar-refractivity contribution in [2.45, 2.75) is 16.7 Å². The number of aryl methyl sites for hydroxylation is 1. The number of nitrogens with zero attached hydrogens (tertiary/aromatic N) is 1. The summed E-state index contributed by atoms with van der Waals surface area (Å²) in [5, 5.41) is 1.21. The molecule has 0 saturated carbocycles. The molecule has 1 heterocycles. The third-order valence-electron chi connectivity index (χ3n) is 2.86. The smallest absolute Gasteiger partial charge is 0.0713 e. The normalized spacial score (nSPS) is 10.7. The molecule has 0 fully saturated rings. The Balaban J connectivity index is 2.02. The monoisotopic (exact) mass is 251 g/mol. The molecule has 0 N–H and O–H groups in total. The molecule has 0 aliphatic heterocycles. The van der Waals surface area contributed by atoms with Crippen LogP contribution in [-0.2, 0) is 0 Å². The number of pyridine rings is 1. The third-order valence-corrected chi connectivity index (χ3v) is 3.94. The summed E-state index contributed by atoms with van der Waals surface area (Å²) in [5.74, 6) is 0. The zero-order valence-corrected chi connectivity index (χ0v) is 10.9. The molecule has 0 amide bonds. The van der Waals surface area contributed by atoms with E-state index in [1.165, 1.54) is 20.7 Å². The molecule has 0 radical (unpaired) electrons. The maximum atomic E-state index is 4.38. The second kappa shape index (κ2) is 4.83. The Morgan fingerprint density at radius 2 is 1.67 bits per heavy atom. The number of aromatic nitrogens is 1. The number of hydrogen-bond donors (Lipinski definition) is 0. The van der Waals surface area contributed by atoms with Crippen LogP contribution in [0.3, 0.4) is 0 Å². The summed E-state index contributed by atoms with van der Waals surface area (Å²) in [6, 6.07) is 18.9. The average Bonchev–Trinajstić information content (AvgIpc) is 2.42. The van der Waals surface area contributed by atoms with E-state index >= 15 is 0 Å². The van der Waals surface area contributed by atoms with Gasteiger partial charge in [0.2, 0.25) is 0 Å². The van der Waals surface area contributed by atoms with E-state index in [2.05, 4.69) is 60.4 Å². The first kappa shape index (κ1) is 11.3. The Bertz CT molecular complexity index is 669. The molecule has 3 aromatic rings. The van der Waals surface area contributed by atoms with Gasteiger partial charge in [-0.05, 0) is 31.2 Å². The van der Waals surface area contributed by atoms with Crippen LogP contribution >= 0.6 is 11.8 Å². The van der Waals surface area contributed by atoms with Gasteiger partial charge in [-0.15, -0.1) is 0 Å². The Kier molecular flexibility index (Phi) is 3.03. The lowest BCUT2D eigenvalue weighted by Crippen LogP contribution is -1.81. The topological polar surface area (TPSA) is 12.9 Å². The highest BCUT2D eigenvalue weighted by molar-refractivity contribution is 7.99. The lowest BCUT2D eigenvalue weighted by molar-refractivity contribution is 1.34. The number of benzene rings is 2. The minimum atomic E-state index is 1.05. The van der Waals surface area contributed by atoms with Crippen molar-refractivity contribution >= 4 is 22.7 Å². The van der Waals surface area contributed by atoms with Crippen LogP contribution in [0.25, 0.3) is 10.9 Å². The maximum absolute atomic E-state index is 4.38. The molecule has 0 unspecified atom stereocenters. The first-order chi connectivity index (χ1) is 8.83. The largest absolute Gasteiger partial charge is 0.256 e. The quantitative estimate of drug-likeness (QED) is 0.655. The van der Waals surface area contributed by atoms with Crippen LogP contribution in [0.1, 0.15) is 5.56 Å². The molecule has 0 atom stereocenters. The van der Waals surface area contributed by atoms with Crippen molar-refractivity contribution in [1.82, 2.24) is 4.98 Å². The summed E-state index contributed by atoms with van der Waals surface area (Å²) < 4.78 is 0. The number of rotatable bonds is 2. The van der Waals surface area contributed by atoms with Gasteiger partial charge in [-0.25, -0.2) is 0 Å². The molecule has 2 aromatic carbocycles. The molecule has 0 spiro atoms. The SMILES string of the molecule is Cc1ccc(Sc2ccnc3ccccc23)cc1. The Morgan fingerprint density at radius 1 is 0.889 bits per heavy atom. The van der Waals surface area contributed by atoms with Crippen molar-refractivity contribution in [3.63, 3.8) is 0 Å². The average molecular weight is 251 g/mol. The van der Waals surface area contributed by atoms with Crippen LogP contribution in [0.5, 0.6) is 0 Å². The predicted molar refractivity (Wildman–Crippen MR) is 77.0 cm³/mol. The second-order valence-electron chi connectivity index (χ2n) is 4.24. The lowest BCUT2D eigenvalue weighted by atomic mass is 10.2. The fourth-order valence-electron chi connectivity index (χ4n) is 1.89. The lowest BCUT2D eigenvalue weighted by Gasteiger charge is -2.05. The highest BCUT2D eigenvalue weighted by atomic mass is 32.2. The van der Waals surface area contributed by atoms with Gasteiger partial charge < -0.3 is 0 Å². The van der Waals surface area contributed by atoms with Crippen LogP contribution in [0, 0.1) is 6.92 Å². The second-order valence-corrected chi connectivity index (χ2v) is 5.36. The van der Waals surface area contributed by atoms with Crippen LogP contribution in [0.15, 0.2) is 70.6 Å². The van der Waals surface area contributed by atoms with Crippen molar-refractivity contribution in [2.75, 3.05) is 0 Å². The third kappa shape index (κ3) is 2.24. The van der Waals surface area contributed by atoms with E-state index in [0.29, 0.717) is 0 Å². The zero-order chi connectivity index (χ0) is 12.4. The van der Waals surface area contributed by atoms with E-state index in [9.17, 15) is 0 Å². The van der Waals surface area contributed by atoms with Crippen molar-refractivity contribution in [1.29, 1.82) is 0 Å². The van der Waals surface area contributed by atoms with E-state index in [1.807, 2.05) is 12.3 Å². The van der Waals surface area contributed by atoms with Crippen LogP contribution in [0.4, 0.5) is 0 Å². The molecule has 0 bridgehead atoms. The summed E-state index contributed by atoms with van der Waals surface area (Å²) >= 11 is 1.79. The molecule has 88 valence electrons. The minimum absolute atomic E-state index is 1.05. The maximum Gasteiger partial charge on any atom is 0.0713 e. The van der Waals surface area contributed by atoms with Crippen LogP contribution in [0.2, 0.25) is 0 Å². The summed E-state index contributed by atoms with van der Waals surface area (Å²) in [6.07, 6.45) is 1.87. The van der Waals surface area contributed by atoms with Crippen molar-refractivity contribution in [3.05, 3.63) is 66.4 Å². The first-order valence-corrected chi connectivity index (χ1v) is 6.73. The van der Waals surface area contributed by atoms with Crippen LogP contribution in [-0.4, -0.2) is 4.98 Å². The fraction of sp³-hybridized carbons (Fsp3) is 0.0625. The van der Waals surface area contributed by atoms with E-state index in [-0.39, 0.29) is 0 Å². The highest BCUT2D eigenvalue weighted by Crippen LogP contribution is 2.32. The van der Waals surface area contributed by atoms with Gasteiger partial charge in [0.15, 0.2) is 0 Å². The highest BCUT2D eigenvalue weighted by Gasteiger charge is 2.03. The summed E-state index contributed by atoms with van der Waals surface area (Å²) in [5.41, 5.74) is 2.34. The molecule has 1 aromatic heterocycles. The fourth-order valence-corrected chi connectivity index (χ4v) is 2.83. The van der Waals surface area contributed by atoms with E-state index in [4.69, 9.17) is 0 Å². The van der Waals surface area contributed by atoms with Gasteiger partial charge in [0.25, 0.3) is 0 Å². The summed E-state index contributed by atoms with van der Waals surface area (Å²) in [7, 11) is 0. The Labute approximate surface area is 111 Å². The van der Waals surface area contributed by atoms with Gasteiger partial charge in [0, 0.05) is 21.4 Å². The summed E-state index contributed by atoms with van der Waals surface area (Å²) in [4.78, 5) is 6.90. The molecule has 0 aliphatic rings. The van der Waals surface area contributed by atoms with Gasteiger partial charge in [0.05, 0.1) is 5.52 Å². The number of fused-ring (bicyclic) bond motifs is 1. The van der Waals surface area contributed by atoms with Crippen molar-refractivity contribution in [2.24, 2.45) is 0 Å². The van der Waals surface area contributed by atoms with Gasteiger partial charge in [-0.2, -0.15) is 0 Å². The molecule has 1 nitrogen and oxygen atoms in total. The molecule has 3 rings (SSSR count). The standard InChI is InChI=1S/C16H13NS/c1-12-6-8-13(9-7-12)18-16-10-11-17-15-5-3-2-4-14(15)16/h2-11H,1H3. The molecule has 0 saturated heterocycles.